The zero-order valence-corrected chi connectivity index (χ0v) is 14.7. The average molecular weight is 325 g/mol. The molecule has 2 aromatic rings. The van der Waals surface area contributed by atoms with Crippen LogP contribution in [0.1, 0.15) is 43.3 Å². The van der Waals surface area contributed by atoms with Crippen molar-refractivity contribution in [3.63, 3.8) is 0 Å². The number of rotatable bonds is 6. The van der Waals surface area contributed by atoms with Crippen LogP contribution in [0.2, 0.25) is 0 Å². The number of hydrogen-bond donors (Lipinski definition) is 1. The SMILES string of the molecule is C=C(C)c1nc(NCCCC2=CCCC=C2)c2cc(C)sc2n1. The summed E-state index contributed by atoms with van der Waals surface area (Å²) in [7, 11) is 0. The monoisotopic (exact) mass is 325 g/mol. The summed E-state index contributed by atoms with van der Waals surface area (Å²) < 4.78 is 0. The van der Waals surface area contributed by atoms with Crippen LogP contribution in [0.25, 0.3) is 15.8 Å². The number of fused-ring (bicyclic) bond motifs is 1. The van der Waals surface area contributed by atoms with Crippen LogP contribution in [0.4, 0.5) is 5.82 Å². The fourth-order valence-electron chi connectivity index (χ4n) is 2.72. The first-order valence-corrected chi connectivity index (χ1v) is 8.98. The van der Waals surface area contributed by atoms with Gasteiger partial charge in [0.2, 0.25) is 0 Å². The van der Waals surface area contributed by atoms with E-state index in [1.165, 1.54) is 23.3 Å². The molecule has 2 heterocycles. The molecule has 0 spiro atoms. The van der Waals surface area contributed by atoms with Crippen LogP contribution >= 0.6 is 11.3 Å². The lowest BCUT2D eigenvalue weighted by atomic mass is 10.0. The predicted molar refractivity (Wildman–Crippen MR) is 101 cm³/mol. The highest BCUT2D eigenvalue weighted by Gasteiger charge is 2.10. The Morgan fingerprint density at radius 1 is 1.35 bits per heavy atom. The highest BCUT2D eigenvalue weighted by Crippen LogP contribution is 2.29. The summed E-state index contributed by atoms with van der Waals surface area (Å²) in [5, 5.41) is 4.62. The molecule has 23 heavy (non-hydrogen) atoms. The van der Waals surface area contributed by atoms with Gasteiger partial charge >= 0.3 is 0 Å². The average Bonchev–Trinajstić information content (AvgIpc) is 2.92. The maximum Gasteiger partial charge on any atom is 0.158 e. The van der Waals surface area contributed by atoms with E-state index in [0.29, 0.717) is 0 Å². The molecule has 1 aliphatic rings. The molecule has 0 bridgehead atoms. The van der Waals surface area contributed by atoms with E-state index >= 15 is 0 Å². The summed E-state index contributed by atoms with van der Waals surface area (Å²) in [4.78, 5) is 11.6. The standard InChI is InChI=1S/C19H23N3S/c1-13(2)17-21-18(16-12-14(3)23-19(16)22-17)20-11-7-10-15-8-5-4-6-9-15/h5,8-9,12H,1,4,6-7,10-11H2,2-3H3,(H,20,21,22). The summed E-state index contributed by atoms with van der Waals surface area (Å²) in [6.45, 7) is 8.95. The largest absolute Gasteiger partial charge is 0.369 e. The lowest BCUT2D eigenvalue weighted by Gasteiger charge is -2.10. The van der Waals surface area contributed by atoms with Crippen LogP contribution in [-0.2, 0) is 0 Å². The third-order valence-corrected chi connectivity index (χ3v) is 4.85. The molecule has 1 aliphatic carbocycles. The van der Waals surface area contributed by atoms with Gasteiger partial charge in [-0.2, -0.15) is 0 Å². The first-order valence-electron chi connectivity index (χ1n) is 8.17. The fraction of sp³-hybridized carbons (Fsp3) is 0.368. The van der Waals surface area contributed by atoms with Crippen molar-refractivity contribution in [1.29, 1.82) is 0 Å². The second kappa shape index (κ2) is 7.09. The molecule has 0 saturated carbocycles. The van der Waals surface area contributed by atoms with Gasteiger partial charge in [0.1, 0.15) is 10.6 Å². The van der Waals surface area contributed by atoms with Crippen molar-refractivity contribution < 1.29 is 0 Å². The molecule has 2 aromatic heterocycles. The molecule has 4 heteroatoms. The summed E-state index contributed by atoms with van der Waals surface area (Å²) >= 11 is 1.71. The van der Waals surface area contributed by atoms with E-state index in [-0.39, 0.29) is 0 Å². The molecule has 120 valence electrons. The smallest absolute Gasteiger partial charge is 0.158 e. The zero-order chi connectivity index (χ0) is 16.2. The number of allylic oxidation sites excluding steroid dienone is 5. The number of aryl methyl sites for hydroxylation is 1. The number of nitrogens with one attached hydrogen (secondary N) is 1. The molecule has 0 aromatic carbocycles. The summed E-state index contributed by atoms with van der Waals surface area (Å²) in [6, 6.07) is 2.16. The molecule has 0 atom stereocenters. The van der Waals surface area contributed by atoms with Crippen molar-refractivity contribution in [3.05, 3.63) is 47.1 Å². The van der Waals surface area contributed by atoms with Gasteiger partial charge in [-0.1, -0.05) is 30.4 Å². The minimum absolute atomic E-state index is 0.736. The maximum absolute atomic E-state index is 4.65. The van der Waals surface area contributed by atoms with Gasteiger partial charge in [-0.3, -0.25) is 0 Å². The van der Waals surface area contributed by atoms with Crippen molar-refractivity contribution in [2.45, 2.75) is 39.5 Å². The van der Waals surface area contributed by atoms with E-state index in [0.717, 1.165) is 46.8 Å². The Kier molecular flexibility index (Phi) is 4.91. The normalized spacial score (nSPS) is 14.1. The summed E-state index contributed by atoms with van der Waals surface area (Å²) in [5.41, 5.74) is 2.36. The molecular formula is C19H23N3S. The van der Waals surface area contributed by atoms with Gasteiger partial charge < -0.3 is 5.32 Å². The Balaban J connectivity index is 1.70. The van der Waals surface area contributed by atoms with Crippen LogP contribution in [0.3, 0.4) is 0 Å². The van der Waals surface area contributed by atoms with Crippen LogP contribution < -0.4 is 5.32 Å². The molecule has 0 fully saturated rings. The molecule has 3 rings (SSSR count). The van der Waals surface area contributed by atoms with Gasteiger partial charge in [-0.15, -0.1) is 11.3 Å². The van der Waals surface area contributed by atoms with Crippen molar-refractivity contribution in [1.82, 2.24) is 9.97 Å². The van der Waals surface area contributed by atoms with Crippen molar-refractivity contribution in [3.8, 4) is 0 Å². The minimum atomic E-state index is 0.736. The second-order valence-electron chi connectivity index (χ2n) is 6.04. The molecule has 0 aliphatic heterocycles. The van der Waals surface area contributed by atoms with Crippen molar-refractivity contribution >= 4 is 32.9 Å². The van der Waals surface area contributed by atoms with Crippen LogP contribution in [0.15, 0.2) is 36.4 Å². The Morgan fingerprint density at radius 2 is 2.22 bits per heavy atom. The third-order valence-electron chi connectivity index (χ3n) is 3.90. The Hall–Kier alpha value is -1.94. The second-order valence-corrected chi connectivity index (χ2v) is 7.28. The van der Waals surface area contributed by atoms with Gasteiger partial charge in [0, 0.05) is 11.4 Å². The minimum Gasteiger partial charge on any atom is -0.369 e. The first-order chi connectivity index (χ1) is 11.1. The predicted octanol–water partition coefficient (Wildman–Crippen LogP) is 5.50. The van der Waals surface area contributed by atoms with E-state index in [1.807, 2.05) is 6.92 Å². The summed E-state index contributed by atoms with van der Waals surface area (Å²) in [5.74, 6) is 1.67. The van der Waals surface area contributed by atoms with E-state index in [9.17, 15) is 0 Å². The molecule has 0 amide bonds. The van der Waals surface area contributed by atoms with Crippen LogP contribution in [0.5, 0.6) is 0 Å². The topological polar surface area (TPSA) is 37.8 Å². The number of thiophene rings is 1. The van der Waals surface area contributed by atoms with Crippen LogP contribution in [0, 0.1) is 6.92 Å². The first kappa shape index (κ1) is 15.9. The van der Waals surface area contributed by atoms with E-state index in [2.05, 4.69) is 53.1 Å². The maximum atomic E-state index is 4.65. The highest BCUT2D eigenvalue weighted by molar-refractivity contribution is 7.18. The Bertz CT molecular complexity index is 783. The molecule has 0 unspecified atom stereocenters. The third kappa shape index (κ3) is 3.88. The van der Waals surface area contributed by atoms with E-state index in [1.54, 1.807) is 11.3 Å². The number of hydrogen-bond acceptors (Lipinski definition) is 4. The van der Waals surface area contributed by atoms with Crippen molar-refractivity contribution in [2.75, 3.05) is 11.9 Å². The quantitative estimate of drug-likeness (QED) is 0.712. The lowest BCUT2D eigenvalue weighted by Crippen LogP contribution is -2.06. The number of aromatic nitrogens is 2. The number of anilines is 1. The van der Waals surface area contributed by atoms with Gasteiger partial charge in [-0.25, -0.2) is 9.97 Å². The van der Waals surface area contributed by atoms with Crippen LogP contribution in [-0.4, -0.2) is 16.5 Å². The highest BCUT2D eigenvalue weighted by atomic mass is 32.1. The molecule has 3 nitrogen and oxygen atoms in total. The van der Waals surface area contributed by atoms with E-state index in [4.69, 9.17) is 0 Å². The zero-order valence-electron chi connectivity index (χ0n) is 13.9. The summed E-state index contributed by atoms with van der Waals surface area (Å²) in [6.07, 6.45) is 11.5. The van der Waals surface area contributed by atoms with E-state index < -0.39 is 0 Å². The molecular weight excluding hydrogens is 302 g/mol. The van der Waals surface area contributed by atoms with Gasteiger partial charge in [0.25, 0.3) is 0 Å². The Labute approximate surface area is 141 Å². The molecule has 0 radical (unpaired) electrons. The number of nitrogens with zero attached hydrogens (tertiary/aromatic N) is 2. The van der Waals surface area contributed by atoms with Gasteiger partial charge in [0.05, 0.1) is 5.39 Å². The fourth-order valence-corrected chi connectivity index (χ4v) is 3.60. The molecule has 0 saturated heterocycles. The lowest BCUT2D eigenvalue weighted by molar-refractivity contribution is 0.846. The Morgan fingerprint density at radius 3 is 2.96 bits per heavy atom. The molecule has 1 N–H and O–H groups in total. The van der Waals surface area contributed by atoms with Gasteiger partial charge in [-0.05, 0) is 51.2 Å². The van der Waals surface area contributed by atoms with Gasteiger partial charge in [0.15, 0.2) is 5.82 Å². The van der Waals surface area contributed by atoms with Crippen molar-refractivity contribution in [2.24, 2.45) is 0 Å².